The molecule has 0 aromatic heterocycles. The highest BCUT2D eigenvalue weighted by Gasteiger charge is 2.46. The number of hydrogen-bond acceptors (Lipinski definition) is 4. The highest BCUT2D eigenvalue weighted by atomic mass is 32.1. The Bertz CT molecular complexity index is 853. The number of carbonyl (C=O) groups excluding carboxylic acids is 2. The van der Waals surface area contributed by atoms with Crippen LogP contribution in [0.2, 0.25) is 0 Å². The van der Waals surface area contributed by atoms with Crippen molar-refractivity contribution in [2.45, 2.75) is 19.0 Å². The molecule has 0 spiro atoms. The van der Waals surface area contributed by atoms with E-state index in [0.29, 0.717) is 29.3 Å². The van der Waals surface area contributed by atoms with Gasteiger partial charge in [0.05, 0.1) is 18.4 Å². The number of fused-ring (bicyclic) bond motifs is 2. The molecule has 2 heterocycles. The Hall–Kier alpha value is -2.73. The highest BCUT2D eigenvalue weighted by molar-refractivity contribution is 7.80. The van der Waals surface area contributed by atoms with E-state index in [1.807, 2.05) is 23.1 Å². The Morgan fingerprint density at radius 2 is 1.80 bits per heavy atom. The zero-order valence-corrected chi connectivity index (χ0v) is 14.5. The summed E-state index contributed by atoms with van der Waals surface area (Å²) < 4.78 is 4.84. The molecule has 1 amide bonds. The average molecular weight is 352 g/mol. The van der Waals surface area contributed by atoms with Crippen LogP contribution in [0.4, 0.5) is 5.69 Å². The van der Waals surface area contributed by atoms with E-state index in [4.69, 9.17) is 17.0 Å². The van der Waals surface area contributed by atoms with Crippen LogP contribution in [0, 0.1) is 0 Å². The van der Waals surface area contributed by atoms with Gasteiger partial charge in [0.15, 0.2) is 5.11 Å². The molecule has 5 nitrogen and oxygen atoms in total. The second-order valence-corrected chi connectivity index (χ2v) is 6.45. The summed E-state index contributed by atoms with van der Waals surface area (Å²) in [5, 5.41) is 0.431. The zero-order valence-electron chi connectivity index (χ0n) is 13.6. The van der Waals surface area contributed by atoms with Gasteiger partial charge in [-0.3, -0.25) is 9.69 Å². The number of nitrogens with zero attached hydrogens (tertiary/aromatic N) is 2. The van der Waals surface area contributed by atoms with Gasteiger partial charge in [0, 0.05) is 13.0 Å². The van der Waals surface area contributed by atoms with E-state index in [-0.39, 0.29) is 11.9 Å². The number of carbonyl (C=O) groups is 2. The second-order valence-electron chi connectivity index (χ2n) is 6.08. The van der Waals surface area contributed by atoms with Crippen LogP contribution in [0.3, 0.4) is 0 Å². The van der Waals surface area contributed by atoms with Crippen molar-refractivity contribution in [2.75, 3.05) is 12.0 Å². The lowest BCUT2D eigenvalue weighted by atomic mass is 9.95. The molecule has 1 atom stereocenters. The summed E-state index contributed by atoms with van der Waals surface area (Å²) in [7, 11) is 1.32. The van der Waals surface area contributed by atoms with Crippen molar-refractivity contribution >= 4 is 34.9 Å². The van der Waals surface area contributed by atoms with Gasteiger partial charge in [0.2, 0.25) is 0 Å². The number of para-hydroxylation sites is 1. The average Bonchev–Trinajstić information content (AvgIpc) is 2.89. The van der Waals surface area contributed by atoms with Crippen LogP contribution in [-0.4, -0.2) is 35.0 Å². The molecule has 0 radical (unpaired) electrons. The first-order chi connectivity index (χ1) is 12.1. The number of amides is 1. The Morgan fingerprint density at radius 3 is 2.56 bits per heavy atom. The molecule has 0 N–H and O–H groups in total. The molecule has 4 rings (SSSR count). The van der Waals surface area contributed by atoms with Crippen molar-refractivity contribution in [3.05, 3.63) is 65.2 Å². The van der Waals surface area contributed by atoms with Crippen molar-refractivity contribution in [2.24, 2.45) is 0 Å². The third-order valence-electron chi connectivity index (χ3n) is 4.74. The van der Waals surface area contributed by atoms with E-state index >= 15 is 0 Å². The molecule has 0 bridgehead atoms. The lowest BCUT2D eigenvalue weighted by Gasteiger charge is -2.30. The van der Waals surface area contributed by atoms with Crippen LogP contribution in [0.1, 0.15) is 21.5 Å². The number of ether oxygens (including phenoxy) is 1. The first-order valence-corrected chi connectivity index (χ1v) is 8.41. The van der Waals surface area contributed by atoms with E-state index < -0.39 is 5.97 Å². The quantitative estimate of drug-likeness (QED) is 0.614. The SMILES string of the molecule is COC(=O)c1ccccc1N1C(=O)C2Cc3ccccc3CN2C1=S. The van der Waals surface area contributed by atoms with Crippen molar-refractivity contribution < 1.29 is 14.3 Å². The molecular formula is C19H16N2O3S. The summed E-state index contributed by atoms with van der Waals surface area (Å²) >= 11 is 5.59. The maximum Gasteiger partial charge on any atom is 0.339 e. The molecule has 1 saturated heterocycles. The Morgan fingerprint density at radius 1 is 1.12 bits per heavy atom. The van der Waals surface area contributed by atoms with Crippen LogP contribution >= 0.6 is 12.2 Å². The van der Waals surface area contributed by atoms with Gasteiger partial charge in [0.1, 0.15) is 6.04 Å². The smallest absolute Gasteiger partial charge is 0.339 e. The van der Waals surface area contributed by atoms with Crippen LogP contribution in [0.5, 0.6) is 0 Å². The summed E-state index contributed by atoms with van der Waals surface area (Å²) in [4.78, 5) is 28.6. The summed E-state index contributed by atoms with van der Waals surface area (Å²) in [6.07, 6.45) is 0.617. The minimum Gasteiger partial charge on any atom is -0.465 e. The largest absolute Gasteiger partial charge is 0.465 e. The summed E-state index contributed by atoms with van der Waals surface area (Å²) in [5.41, 5.74) is 3.15. The van der Waals surface area contributed by atoms with Crippen LogP contribution in [-0.2, 0) is 22.5 Å². The van der Waals surface area contributed by atoms with E-state index in [2.05, 4.69) is 6.07 Å². The summed E-state index contributed by atoms with van der Waals surface area (Å²) in [5.74, 6) is -0.588. The lowest BCUT2D eigenvalue weighted by Crippen LogP contribution is -2.39. The summed E-state index contributed by atoms with van der Waals surface area (Å²) in [6, 6.07) is 14.6. The Balaban J connectivity index is 1.75. The van der Waals surface area contributed by atoms with E-state index in [0.717, 1.165) is 0 Å². The molecule has 126 valence electrons. The molecule has 2 aliphatic rings. The summed E-state index contributed by atoms with van der Waals surface area (Å²) in [6.45, 7) is 0.600. The first kappa shape index (κ1) is 15.8. The highest BCUT2D eigenvalue weighted by Crippen LogP contribution is 2.34. The molecule has 1 unspecified atom stereocenters. The molecule has 2 aromatic rings. The van der Waals surface area contributed by atoms with Gasteiger partial charge in [-0.2, -0.15) is 0 Å². The maximum absolute atomic E-state index is 13.1. The molecular weight excluding hydrogens is 336 g/mol. The van der Waals surface area contributed by atoms with Crippen molar-refractivity contribution in [1.82, 2.24) is 4.90 Å². The number of methoxy groups -OCH3 is 1. The predicted molar refractivity (Wildman–Crippen MR) is 97.3 cm³/mol. The fourth-order valence-corrected chi connectivity index (χ4v) is 3.87. The van der Waals surface area contributed by atoms with E-state index in [9.17, 15) is 9.59 Å². The van der Waals surface area contributed by atoms with Gasteiger partial charge in [-0.1, -0.05) is 36.4 Å². The minimum atomic E-state index is -0.487. The van der Waals surface area contributed by atoms with Gasteiger partial charge in [-0.25, -0.2) is 4.79 Å². The van der Waals surface area contributed by atoms with Gasteiger partial charge < -0.3 is 9.64 Å². The van der Waals surface area contributed by atoms with Gasteiger partial charge in [0.25, 0.3) is 5.91 Å². The normalized spacial score (nSPS) is 18.8. The molecule has 1 fully saturated rings. The fraction of sp³-hybridized carbons (Fsp3) is 0.211. The van der Waals surface area contributed by atoms with Crippen molar-refractivity contribution in [3.63, 3.8) is 0 Å². The van der Waals surface area contributed by atoms with Gasteiger partial charge in [-0.05, 0) is 35.5 Å². The number of rotatable bonds is 2. The molecule has 0 saturated carbocycles. The number of esters is 1. The first-order valence-electron chi connectivity index (χ1n) is 8.00. The van der Waals surface area contributed by atoms with Crippen LogP contribution in [0.15, 0.2) is 48.5 Å². The molecule has 0 aliphatic carbocycles. The predicted octanol–water partition coefficient (Wildman–Crippen LogP) is 2.53. The van der Waals surface area contributed by atoms with Crippen LogP contribution in [0.25, 0.3) is 0 Å². The Kier molecular flexibility index (Phi) is 3.77. The number of anilines is 1. The maximum atomic E-state index is 13.1. The van der Waals surface area contributed by atoms with E-state index in [1.54, 1.807) is 24.3 Å². The molecule has 2 aliphatic heterocycles. The lowest BCUT2D eigenvalue weighted by molar-refractivity contribution is -0.119. The fourth-order valence-electron chi connectivity index (χ4n) is 3.49. The molecule has 6 heteroatoms. The zero-order chi connectivity index (χ0) is 17.6. The topological polar surface area (TPSA) is 49.9 Å². The third kappa shape index (κ3) is 2.41. The van der Waals surface area contributed by atoms with Crippen molar-refractivity contribution in [1.29, 1.82) is 0 Å². The number of thiocarbonyl (C=S) groups is 1. The number of benzene rings is 2. The monoisotopic (exact) mass is 352 g/mol. The number of hydrogen-bond donors (Lipinski definition) is 0. The molecule has 2 aromatic carbocycles. The van der Waals surface area contributed by atoms with Crippen molar-refractivity contribution in [3.8, 4) is 0 Å². The third-order valence-corrected chi connectivity index (χ3v) is 5.16. The Labute approximate surface area is 150 Å². The van der Waals surface area contributed by atoms with Gasteiger partial charge >= 0.3 is 5.97 Å². The van der Waals surface area contributed by atoms with E-state index in [1.165, 1.54) is 23.1 Å². The second kappa shape index (κ2) is 5.97. The standard InChI is InChI=1S/C19H16N2O3S/c1-24-18(23)14-8-4-5-9-15(14)21-17(22)16-10-12-6-2-3-7-13(12)11-20(16)19(21)25/h2-9,16H,10-11H2,1H3. The minimum absolute atomic E-state index is 0.101. The van der Waals surface area contributed by atoms with Gasteiger partial charge in [-0.15, -0.1) is 0 Å². The van der Waals surface area contributed by atoms with Crippen LogP contribution < -0.4 is 4.90 Å². The molecule has 25 heavy (non-hydrogen) atoms.